The molecular weight excluding hydrogens is 228 g/mol. The number of hydrogen-bond donors (Lipinski definition) is 0. The number of aryl methyl sites for hydroxylation is 1. The minimum Gasteiger partial charge on any atom is -0.0617 e. The predicted octanol–water partition coefficient (Wildman–Crippen LogP) is 4.69. The molecule has 0 nitrogen and oxygen atoms in total. The van der Waals surface area contributed by atoms with Crippen LogP contribution < -0.4 is 0 Å². The van der Waals surface area contributed by atoms with E-state index in [2.05, 4.69) is 88.1 Å². The minimum atomic E-state index is 0.197. The highest BCUT2D eigenvalue weighted by atomic mass is 14.2. The number of benzene rings is 2. The van der Waals surface area contributed by atoms with Gasteiger partial charge in [0, 0.05) is 11.1 Å². The SMILES string of the molecule is Cc1ccc(C#Cc2ccc(C(C)(C)C)cc2)cc1. The Labute approximate surface area is 116 Å². The molecule has 0 bridgehead atoms. The fourth-order valence-corrected chi connectivity index (χ4v) is 1.83. The van der Waals surface area contributed by atoms with Gasteiger partial charge in [-0.05, 0) is 42.2 Å². The van der Waals surface area contributed by atoms with E-state index in [-0.39, 0.29) is 5.41 Å². The Morgan fingerprint density at radius 1 is 0.684 bits per heavy atom. The van der Waals surface area contributed by atoms with E-state index in [0.29, 0.717) is 0 Å². The fourth-order valence-electron chi connectivity index (χ4n) is 1.83. The average Bonchev–Trinajstić information content (AvgIpc) is 2.37. The molecule has 0 aromatic heterocycles. The Kier molecular flexibility index (Phi) is 3.76. The van der Waals surface area contributed by atoms with Gasteiger partial charge in [0.25, 0.3) is 0 Å². The summed E-state index contributed by atoms with van der Waals surface area (Å²) in [6.07, 6.45) is 0. The van der Waals surface area contributed by atoms with Crippen LogP contribution in [0.3, 0.4) is 0 Å². The fraction of sp³-hybridized carbons (Fsp3) is 0.263. The molecule has 0 aliphatic heterocycles. The number of rotatable bonds is 0. The molecule has 0 atom stereocenters. The molecule has 0 heteroatoms. The molecule has 0 aliphatic rings. The van der Waals surface area contributed by atoms with Crippen molar-refractivity contribution in [2.45, 2.75) is 33.1 Å². The zero-order valence-electron chi connectivity index (χ0n) is 12.1. The molecule has 2 aromatic carbocycles. The minimum absolute atomic E-state index is 0.197. The van der Waals surface area contributed by atoms with Gasteiger partial charge in [-0.1, -0.05) is 62.4 Å². The maximum absolute atomic E-state index is 3.21. The third-order valence-corrected chi connectivity index (χ3v) is 3.15. The molecule has 96 valence electrons. The van der Waals surface area contributed by atoms with E-state index in [1.807, 2.05) is 0 Å². The zero-order chi connectivity index (χ0) is 13.9. The molecule has 0 spiro atoms. The number of hydrogen-bond acceptors (Lipinski definition) is 0. The normalized spacial score (nSPS) is 10.7. The molecule has 0 fully saturated rings. The van der Waals surface area contributed by atoms with Crippen LogP contribution in [0.1, 0.15) is 43.0 Å². The van der Waals surface area contributed by atoms with Gasteiger partial charge >= 0.3 is 0 Å². The lowest BCUT2D eigenvalue weighted by atomic mass is 9.87. The van der Waals surface area contributed by atoms with Crippen LogP contribution in [0.4, 0.5) is 0 Å². The first kappa shape index (κ1) is 13.4. The van der Waals surface area contributed by atoms with Gasteiger partial charge < -0.3 is 0 Å². The van der Waals surface area contributed by atoms with Crippen LogP contribution >= 0.6 is 0 Å². The second-order valence-electron chi connectivity index (χ2n) is 5.94. The maximum atomic E-state index is 3.21. The maximum Gasteiger partial charge on any atom is 0.0249 e. The van der Waals surface area contributed by atoms with Crippen molar-refractivity contribution in [1.82, 2.24) is 0 Å². The molecule has 0 amide bonds. The van der Waals surface area contributed by atoms with Crippen LogP contribution in [-0.2, 0) is 5.41 Å². The van der Waals surface area contributed by atoms with E-state index in [9.17, 15) is 0 Å². The molecule has 0 unspecified atom stereocenters. The summed E-state index contributed by atoms with van der Waals surface area (Å²) in [5.41, 5.74) is 4.93. The summed E-state index contributed by atoms with van der Waals surface area (Å²) in [7, 11) is 0. The topological polar surface area (TPSA) is 0 Å². The van der Waals surface area contributed by atoms with Gasteiger partial charge in [-0.3, -0.25) is 0 Å². The smallest absolute Gasteiger partial charge is 0.0249 e. The van der Waals surface area contributed by atoms with Crippen LogP contribution in [0.25, 0.3) is 0 Å². The highest BCUT2D eigenvalue weighted by Crippen LogP contribution is 2.21. The molecule has 19 heavy (non-hydrogen) atoms. The Bertz CT molecular complexity index is 596. The molecule has 0 heterocycles. The summed E-state index contributed by atoms with van der Waals surface area (Å²) in [6.45, 7) is 8.75. The van der Waals surface area contributed by atoms with Crippen LogP contribution in [0.15, 0.2) is 48.5 Å². The summed E-state index contributed by atoms with van der Waals surface area (Å²) < 4.78 is 0. The van der Waals surface area contributed by atoms with Gasteiger partial charge in [0.1, 0.15) is 0 Å². The van der Waals surface area contributed by atoms with E-state index in [0.717, 1.165) is 11.1 Å². The Morgan fingerprint density at radius 2 is 1.11 bits per heavy atom. The Balaban J connectivity index is 2.19. The van der Waals surface area contributed by atoms with E-state index in [1.165, 1.54) is 11.1 Å². The van der Waals surface area contributed by atoms with Crippen molar-refractivity contribution in [3.05, 3.63) is 70.8 Å². The second-order valence-corrected chi connectivity index (χ2v) is 5.94. The first-order valence-corrected chi connectivity index (χ1v) is 6.64. The van der Waals surface area contributed by atoms with Crippen molar-refractivity contribution in [3.8, 4) is 11.8 Å². The van der Waals surface area contributed by atoms with Crippen molar-refractivity contribution in [3.63, 3.8) is 0 Å². The third-order valence-electron chi connectivity index (χ3n) is 3.15. The molecule has 0 aliphatic carbocycles. The van der Waals surface area contributed by atoms with Gasteiger partial charge in [-0.15, -0.1) is 0 Å². The van der Waals surface area contributed by atoms with Crippen molar-refractivity contribution in [2.24, 2.45) is 0 Å². The first-order valence-electron chi connectivity index (χ1n) is 6.64. The lowest BCUT2D eigenvalue weighted by Crippen LogP contribution is -2.10. The predicted molar refractivity (Wildman–Crippen MR) is 82.3 cm³/mol. The van der Waals surface area contributed by atoms with Gasteiger partial charge in [0.15, 0.2) is 0 Å². The Morgan fingerprint density at radius 3 is 1.53 bits per heavy atom. The largest absolute Gasteiger partial charge is 0.0617 e. The lowest BCUT2D eigenvalue weighted by molar-refractivity contribution is 0.590. The quantitative estimate of drug-likeness (QED) is 0.593. The van der Waals surface area contributed by atoms with Gasteiger partial charge in [-0.25, -0.2) is 0 Å². The Hall–Kier alpha value is -2.00. The van der Waals surface area contributed by atoms with Crippen molar-refractivity contribution in [2.75, 3.05) is 0 Å². The third kappa shape index (κ3) is 3.73. The van der Waals surface area contributed by atoms with Crippen LogP contribution in [0.5, 0.6) is 0 Å². The summed E-state index contributed by atoms with van der Waals surface area (Å²) in [5.74, 6) is 6.41. The van der Waals surface area contributed by atoms with E-state index >= 15 is 0 Å². The highest BCUT2D eigenvalue weighted by Gasteiger charge is 2.12. The molecule has 2 aromatic rings. The molecule has 0 radical (unpaired) electrons. The van der Waals surface area contributed by atoms with E-state index < -0.39 is 0 Å². The van der Waals surface area contributed by atoms with Crippen LogP contribution in [0, 0.1) is 18.8 Å². The second kappa shape index (κ2) is 5.33. The molecule has 0 saturated heterocycles. The molecular formula is C19H20. The van der Waals surface area contributed by atoms with Gasteiger partial charge in [0.2, 0.25) is 0 Å². The van der Waals surface area contributed by atoms with Crippen molar-refractivity contribution >= 4 is 0 Å². The van der Waals surface area contributed by atoms with Gasteiger partial charge in [0.05, 0.1) is 0 Å². The first-order chi connectivity index (χ1) is 8.95. The van der Waals surface area contributed by atoms with Crippen molar-refractivity contribution in [1.29, 1.82) is 0 Å². The van der Waals surface area contributed by atoms with E-state index in [1.54, 1.807) is 0 Å². The molecule has 2 rings (SSSR count). The highest BCUT2D eigenvalue weighted by molar-refractivity contribution is 5.44. The van der Waals surface area contributed by atoms with Crippen LogP contribution in [-0.4, -0.2) is 0 Å². The monoisotopic (exact) mass is 248 g/mol. The summed E-state index contributed by atoms with van der Waals surface area (Å²) >= 11 is 0. The van der Waals surface area contributed by atoms with Crippen molar-refractivity contribution < 1.29 is 0 Å². The zero-order valence-corrected chi connectivity index (χ0v) is 12.1. The molecule has 0 saturated carbocycles. The lowest BCUT2D eigenvalue weighted by Gasteiger charge is -2.18. The summed E-state index contributed by atoms with van der Waals surface area (Å²) in [4.78, 5) is 0. The standard InChI is InChI=1S/C19H20/c1-15-5-7-16(8-6-15)9-10-17-11-13-18(14-12-17)19(2,3)4/h5-8,11-14H,1-4H3. The summed E-state index contributed by atoms with van der Waals surface area (Å²) in [6, 6.07) is 16.8. The van der Waals surface area contributed by atoms with E-state index in [4.69, 9.17) is 0 Å². The average molecular weight is 248 g/mol. The van der Waals surface area contributed by atoms with Gasteiger partial charge in [-0.2, -0.15) is 0 Å². The molecule has 0 N–H and O–H groups in total. The van der Waals surface area contributed by atoms with Crippen LogP contribution in [0.2, 0.25) is 0 Å². The summed E-state index contributed by atoms with van der Waals surface area (Å²) in [5, 5.41) is 0.